The van der Waals surface area contributed by atoms with Crippen molar-refractivity contribution in [3.63, 3.8) is 0 Å². The van der Waals surface area contributed by atoms with Gasteiger partial charge in [0.25, 0.3) is 0 Å². The molecule has 0 unspecified atom stereocenters. The lowest BCUT2D eigenvalue weighted by molar-refractivity contribution is -0.107. The van der Waals surface area contributed by atoms with Gasteiger partial charge in [0, 0.05) is 0 Å². The molecule has 0 aromatic heterocycles. The number of rotatable bonds is 1. The number of hydrogen-bond donors (Lipinski definition) is 1. The third-order valence-electron chi connectivity index (χ3n) is 1.87. The molecule has 0 aromatic carbocycles. The molecule has 0 amide bonds. The Hall–Kier alpha value is 0.180. The molecule has 1 rings (SSSR count). The van der Waals surface area contributed by atoms with Crippen LogP contribution in [0, 0.1) is 0 Å². The van der Waals surface area contributed by atoms with Gasteiger partial charge in [0.2, 0.25) is 0 Å². The van der Waals surface area contributed by atoms with Crippen LogP contribution in [0.4, 0.5) is 13.2 Å². The molecule has 1 N–H and O–H groups in total. The highest BCUT2D eigenvalue weighted by atomic mass is 31.2. The van der Waals surface area contributed by atoms with Gasteiger partial charge in [-0.1, -0.05) is 0 Å². The molecule has 0 bridgehead atoms. The molecule has 5 heteroatoms. The monoisotopic (exact) mass is 187 g/mol. The molecule has 66 valence electrons. The summed E-state index contributed by atoms with van der Waals surface area (Å²) in [6, 6.07) is 0. The van der Waals surface area contributed by atoms with Gasteiger partial charge in [-0.3, -0.25) is 4.89 Å². The predicted molar refractivity (Wildman–Crippen MR) is 39.0 cm³/mol. The second-order valence-electron chi connectivity index (χ2n) is 3.02. The van der Waals surface area contributed by atoms with Crippen LogP contribution >= 0.6 is 7.49 Å². The lowest BCUT2D eigenvalue weighted by Gasteiger charge is -2.14. The average molecular weight is 187 g/mol. The molecular weight excluding hydrogens is 176 g/mol. The van der Waals surface area contributed by atoms with E-state index in [1.54, 1.807) is 0 Å². The van der Waals surface area contributed by atoms with E-state index in [2.05, 4.69) is 0 Å². The largest absolute Gasteiger partial charge is 0.424 e. The fourth-order valence-corrected chi connectivity index (χ4v) is 4.25. The molecule has 1 fully saturated rings. The molecule has 0 aromatic rings. The lowest BCUT2D eigenvalue weighted by atomic mass is 10.4. The van der Waals surface area contributed by atoms with Crippen LogP contribution in [0.3, 0.4) is 0 Å². The Morgan fingerprint density at radius 2 is 1.64 bits per heavy atom. The summed E-state index contributed by atoms with van der Waals surface area (Å²) >= 11 is 0. The van der Waals surface area contributed by atoms with Crippen molar-refractivity contribution < 1.29 is 18.1 Å². The Labute approximate surface area is 64.0 Å². The molecule has 1 nitrogen and oxygen atoms in total. The van der Waals surface area contributed by atoms with E-state index in [1.807, 2.05) is 0 Å². The van der Waals surface area contributed by atoms with Gasteiger partial charge in [0.05, 0.1) is 12.3 Å². The maximum absolute atomic E-state index is 11.8. The first-order valence-corrected chi connectivity index (χ1v) is 5.87. The van der Waals surface area contributed by atoms with Crippen molar-refractivity contribution in [2.45, 2.75) is 19.0 Å². The van der Waals surface area contributed by atoms with Gasteiger partial charge in [0.1, 0.15) is 0 Å². The number of alkyl halides is 3. The van der Waals surface area contributed by atoms with Crippen LogP contribution in [0.25, 0.3) is 0 Å². The summed E-state index contributed by atoms with van der Waals surface area (Å²) < 4.78 is 35.5. The van der Waals surface area contributed by atoms with E-state index in [1.165, 1.54) is 0 Å². The van der Waals surface area contributed by atoms with Crippen molar-refractivity contribution >= 4 is 7.49 Å². The maximum Gasteiger partial charge on any atom is 0.424 e. The Kier molecular flexibility index (Phi) is 2.45. The highest BCUT2D eigenvalue weighted by Crippen LogP contribution is 2.62. The summed E-state index contributed by atoms with van der Waals surface area (Å²) in [6.45, 7) is 0. The molecule has 1 saturated heterocycles. The zero-order valence-corrected chi connectivity index (χ0v) is 6.96. The van der Waals surface area contributed by atoms with Crippen LogP contribution in [0.15, 0.2) is 0 Å². The first-order valence-electron chi connectivity index (χ1n) is 3.57. The Bertz CT molecular complexity index is 139. The minimum absolute atomic E-state index is 0.409. The normalized spacial score (nSPS) is 24.0. The van der Waals surface area contributed by atoms with E-state index in [0.717, 1.165) is 12.8 Å². The van der Waals surface area contributed by atoms with Crippen LogP contribution < -0.4 is 0 Å². The van der Waals surface area contributed by atoms with Gasteiger partial charge in [-0.15, -0.1) is 0 Å². The third-order valence-corrected chi connectivity index (χ3v) is 5.12. The third kappa shape index (κ3) is 2.96. The van der Waals surface area contributed by atoms with E-state index in [-0.39, 0.29) is 0 Å². The summed E-state index contributed by atoms with van der Waals surface area (Å²) in [6.07, 6.45) is -2.76. The summed E-state index contributed by atoms with van der Waals surface area (Å²) in [4.78, 5) is 9.42. The van der Waals surface area contributed by atoms with E-state index >= 15 is 0 Å². The van der Waals surface area contributed by atoms with E-state index in [4.69, 9.17) is 0 Å². The van der Waals surface area contributed by atoms with Crippen LogP contribution in [-0.4, -0.2) is 29.6 Å². The molecule has 1 aliphatic rings. The molecule has 1 heterocycles. The Morgan fingerprint density at radius 1 is 1.18 bits per heavy atom. The maximum atomic E-state index is 11.8. The molecule has 0 radical (unpaired) electrons. The first kappa shape index (κ1) is 9.27. The van der Waals surface area contributed by atoms with E-state index in [0.29, 0.717) is 12.3 Å². The SMILES string of the molecule is O[P+]1(CC(F)(F)F)CCCC1. The molecule has 11 heavy (non-hydrogen) atoms. The minimum atomic E-state index is -4.17. The van der Waals surface area contributed by atoms with Crippen molar-refractivity contribution in [3.8, 4) is 0 Å². The second-order valence-corrected chi connectivity index (χ2v) is 6.42. The van der Waals surface area contributed by atoms with Crippen LogP contribution in [-0.2, 0) is 0 Å². The highest BCUT2D eigenvalue weighted by Gasteiger charge is 2.49. The molecule has 0 saturated carbocycles. The van der Waals surface area contributed by atoms with E-state index < -0.39 is 19.8 Å². The van der Waals surface area contributed by atoms with Gasteiger partial charge in [0.15, 0.2) is 13.7 Å². The molecule has 0 aliphatic carbocycles. The standard InChI is InChI=1S/C6H11F3OP/c7-6(8,9)5-11(10)3-1-2-4-11/h10H,1-5H2/q+1. The fraction of sp³-hybridized carbons (Fsp3) is 1.00. The predicted octanol–water partition coefficient (Wildman–Crippen LogP) is 2.27. The summed E-state index contributed by atoms with van der Waals surface area (Å²) in [5.74, 6) is 0. The average Bonchev–Trinajstić information content (AvgIpc) is 2.09. The van der Waals surface area contributed by atoms with Gasteiger partial charge in [-0.25, -0.2) is 0 Å². The molecule has 1 aliphatic heterocycles. The second kappa shape index (κ2) is 2.91. The highest BCUT2D eigenvalue weighted by molar-refractivity contribution is 7.70. The molecular formula is C6H11F3OP+. The lowest BCUT2D eigenvalue weighted by Crippen LogP contribution is -2.18. The molecule has 0 atom stereocenters. The van der Waals surface area contributed by atoms with Crippen LogP contribution in [0.5, 0.6) is 0 Å². The summed E-state index contributed by atoms with van der Waals surface area (Å²) in [5.41, 5.74) is 0. The zero-order chi connectivity index (χ0) is 8.54. The Morgan fingerprint density at radius 3 is 2.00 bits per heavy atom. The summed E-state index contributed by atoms with van der Waals surface area (Å²) in [5, 5.41) is 0. The summed E-state index contributed by atoms with van der Waals surface area (Å²) in [7, 11) is -2.57. The number of hydrogen-bond acceptors (Lipinski definition) is 1. The van der Waals surface area contributed by atoms with E-state index in [9.17, 15) is 18.1 Å². The number of halogens is 3. The smallest absolute Gasteiger partial charge is 0.251 e. The fourth-order valence-electron chi connectivity index (χ4n) is 1.42. The van der Waals surface area contributed by atoms with Crippen molar-refractivity contribution in [2.24, 2.45) is 0 Å². The van der Waals surface area contributed by atoms with Crippen molar-refractivity contribution in [3.05, 3.63) is 0 Å². The van der Waals surface area contributed by atoms with Gasteiger partial charge in [-0.05, 0) is 12.8 Å². The van der Waals surface area contributed by atoms with Gasteiger partial charge < -0.3 is 0 Å². The van der Waals surface area contributed by atoms with Gasteiger partial charge in [-0.2, -0.15) is 13.2 Å². The quantitative estimate of drug-likeness (QED) is 0.624. The van der Waals surface area contributed by atoms with Crippen LogP contribution in [0.2, 0.25) is 0 Å². The van der Waals surface area contributed by atoms with Gasteiger partial charge >= 0.3 is 6.18 Å². The minimum Gasteiger partial charge on any atom is -0.251 e. The topological polar surface area (TPSA) is 20.2 Å². The first-order chi connectivity index (χ1) is 4.91. The van der Waals surface area contributed by atoms with Crippen molar-refractivity contribution in [1.29, 1.82) is 0 Å². The van der Waals surface area contributed by atoms with Crippen molar-refractivity contribution in [2.75, 3.05) is 18.5 Å². The van der Waals surface area contributed by atoms with Crippen molar-refractivity contribution in [1.82, 2.24) is 0 Å². The van der Waals surface area contributed by atoms with Crippen LogP contribution in [0.1, 0.15) is 12.8 Å². The Balaban J connectivity index is 2.46. The molecule has 0 spiro atoms. The zero-order valence-electron chi connectivity index (χ0n) is 6.06.